The van der Waals surface area contributed by atoms with Crippen LogP contribution < -0.4 is 11.5 Å². The molecule has 0 aliphatic rings. The molecule has 0 rings (SSSR count). The molecule has 0 saturated heterocycles. The third kappa shape index (κ3) is 48.0. The lowest BCUT2D eigenvalue weighted by atomic mass is 10.0. The van der Waals surface area contributed by atoms with Crippen LogP contribution >= 0.6 is 0 Å². The molecule has 0 aromatic rings. The standard InChI is InChI=1S/C61H130N2OSi2/c1-5-8-11-14-17-20-23-26-29-32-35-38-41-44-47-50-57-65(4,58-53-55-62)64-66(61-54-56-63,59-51-48-45-42-39-36-33-30-27-24-21-18-15-12-9-6-2)60-52-49-46-43-40-37-34-31-28-25-22-19-16-13-10-7-3/h5-63H2,1-4H3. The zero-order chi connectivity index (χ0) is 48.0. The summed E-state index contributed by atoms with van der Waals surface area (Å²) in [7, 11) is -3.73. The van der Waals surface area contributed by atoms with Gasteiger partial charge in [0.15, 0.2) is 16.6 Å². The maximum Gasteiger partial charge on any atom is 0.179 e. The molecule has 0 saturated carbocycles. The molecule has 0 spiro atoms. The van der Waals surface area contributed by atoms with E-state index in [-0.39, 0.29) is 0 Å². The Morgan fingerprint density at radius 2 is 0.394 bits per heavy atom. The van der Waals surface area contributed by atoms with Gasteiger partial charge >= 0.3 is 0 Å². The molecule has 0 fully saturated rings. The molecule has 5 heteroatoms. The van der Waals surface area contributed by atoms with Crippen LogP contribution in [0.4, 0.5) is 0 Å². The van der Waals surface area contributed by atoms with Crippen LogP contribution in [0.5, 0.6) is 0 Å². The molecule has 3 nitrogen and oxygen atoms in total. The molecule has 1 atom stereocenters. The van der Waals surface area contributed by atoms with Crippen LogP contribution in [0.2, 0.25) is 36.8 Å². The van der Waals surface area contributed by atoms with E-state index in [1.807, 2.05) is 0 Å². The zero-order valence-electron chi connectivity index (χ0n) is 46.9. The molecule has 0 amide bonds. The quantitative estimate of drug-likeness (QED) is 0.0472. The minimum absolute atomic E-state index is 0.820. The summed E-state index contributed by atoms with van der Waals surface area (Å²) in [5, 5.41) is 0. The van der Waals surface area contributed by atoms with Gasteiger partial charge in [0, 0.05) is 0 Å². The topological polar surface area (TPSA) is 61.3 Å². The highest BCUT2D eigenvalue weighted by atomic mass is 28.4. The molecule has 0 aromatic heterocycles. The van der Waals surface area contributed by atoms with Crippen molar-refractivity contribution in [1.82, 2.24) is 0 Å². The van der Waals surface area contributed by atoms with Crippen molar-refractivity contribution in [2.45, 2.75) is 379 Å². The highest BCUT2D eigenvalue weighted by Gasteiger charge is 2.41. The Hall–Kier alpha value is 0.314. The van der Waals surface area contributed by atoms with Crippen LogP contribution in [-0.4, -0.2) is 29.7 Å². The van der Waals surface area contributed by atoms with Crippen LogP contribution in [0.25, 0.3) is 0 Å². The number of nitrogens with two attached hydrogens (primary N) is 2. The Morgan fingerprint density at radius 3 is 0.621 bits per heavy atom. The molecule has 4 N–H and O–H groups in total. The van der Waals surface area contributed by atoms with Gasteiger partial charge in [0.25, 0.3) is 0 Å². The van der Waals surface area contributed by atoms with Gasteiger partial charge in [-0.05, 0) is 62.7 Å². The fourth-order valence-electron chi connectivity index (χ4n) is 11.2. The fourth-order valence-corrected chi connectivity index (χ4v) is 23.0. The highest BCUT2D eigenvalue weighted by Crippen LogP contribution is 2.36. The third-order valence-corrected chi connectivity index (χ3v) is 26.1. The summed E-state index contributed by atoms with van der Waals surface area (Å²) in [6, 6.07) is 6.74. The van der Waals surface area contributed by atoms with Gasteiger partial charge in [-0.15, -0.1) is 0 Å². The summed E-state index contributed by atoms with van der Waals surface area (Å²) in [6.45, 7) is 11.3. The Morgan fingerprint density at radius 1 is 0.227 bits per heavy atom. The van der Waals surface area contributed by atoms with Crippen molar-refractivity contribution < 1.29 is 4.12 Å². The molecule has 66 heavy (non-hydrogen) atoms. The first-order valence-electron chi connectivity index (χ1n) is 31.6. The molecule has 0 bridgehead atoms. The maximum absolute atomic E-state index is 7.97. The van der Waals surface area contributed by atoms with E-state index in [1.54, 1.807) is 0 Å². The first-order valence-corrected chi connectivity index (χ1v) is 37.0. The zero-order valence-corrected chi connectivity index (χ0v) is 48.9. The summed E-state index contributed by atoms with van der Waals surface area (Å²) in [4.78, 5) is 0. The van der Waals surface area contributed by atoms with E-state index in [9.17, 15) is 0 Å². The minimum Gasteiger partial charge on any atom is -0.455 e. The number of hydrogen-bond donors (Lipinski definition) is 2. The smallest absolute Gasteiger partial charge is 0.179 e. The van der Waals surface area contributed by atoms with E-state index in [1.165, 1.54) is 345 Å². The summed E-state index contributed by atoms with van der Waals surface area (Å²) >= 11 is 0. The normalized spacial score (nSPS) is 13.0. The Bertz CT molecular complexity index is 853. The summed E-state index contributed by atoms with van der Waals surface area (Å²) in [5.74, 6) is 0. The molecule has 0 aliphatic heterocycles. The van der Waals surface area contributed by atoms with Gasteiger partial charge in [-0.2, -0.15) is 0 Å². The van der Waals surface area contributed by atoms with Crippen molar-refractivity contribution in [2.75, 3.05) is 13.1 Å². The van der Waals surface area contributed by atoms with Crippen molar-refractivity contribution in [3.05, 3.63) is 0 Å². The van der Waals surface area contributed by atoms with Gasteiger partial charge in [0.2, 0.25) is 0 Å². The van der Waals surface area contributed by atoms with E-state index < -0.39 is 16.6 Å². The van der Waals surface area contributed by atoms with Gasteiger partial charge in [-0.25, -0.2) is 0 Å². The SMILES string of the molecule is CCCCCCCCCCCCCCCCCC[Si](C)(CCCN)O[Si](CCCN)(CCCCCCCCCCCCCCCCCC)CCCCCCCCCCCCCCCCCC. The Labute approximate surface area is 421 Å². The summed E-state index contributed by atoms with van der Waals surface area (Å²) in [6.07, 6.45) is 71.6. The Balaban J connectivity index is 4.94. The molecule has 1 unspecified atom stereocenters. The monoisotopic (exact) mass is 963 g/mol. The number of unbranched alkanes of at least 4 members (excludes halogenated alkanes) is 45. The molecule has 398 valence electrons. The van der Waals surface area contributed by atoms with Gasteiger partial charge in [0.05, 0.1) is 0 Å². The van der Waals surface area contributed by atoms with Gasteiger partial charge in [0.1, 0.15) is 0 Å². The van der Waals surface area contributed by atoms with Crippen molar-refractivity contribution in [1.29, 1.82) is 0 Å². The van der Waals surface area contributed by atoms with Gasteiger partial charge < -0.3 is 15.6 Å². The lowest BCUT2D eigenvalue weighted by molar-refractivity contribution is 0.478. The second-order valence-corrected chi connectivity index (χ2v) is 31.3. The predicted octanol–water partition coefficient (Wildman–Crippen LogP) is 22.0. The lowest BCUT2D eigenvalue weighted by Crippen LogP contribution is -2.50. The van der Waals surface area contributed by atoms with E-state index in [4.69, 9.17) is 15.6 Å². The highest BCUT2D eigenvalue weighted by molar-refractivity contribution is 6.86. The first-order chi connectivity index (χ1) is 32.5. The lowest BCUT2D eigenvalue weighted by Gasteiger charge is -2.42. The molecular formula is C61H130N2OSi2. The van der Waals surface area contributed by atoms with Crippen LogP contribution in [0.15, 0.2) is 0 Å². The third-order valence-electron chi connectivity index (χ3n) is 15.7. The fraction of sp³-hybridized carbons (Fsp3) is 1.00. The first kappa shape index (κ1) is 66.3. The average Bonchev–Trinajstić information content (AvgIpc) is 3.32. The number of rotatable bonds is 59. The van der Waals surface area contributed by atoms with Crippen LogP contribution in [0.3, 0.4) is 0 Å². The van der Waals surface area contributed by atoms with Crippen molar-refractivity contribution in [2.24, 2.45) is 11.5 Å². The molecular weight excluding hydrogens is 833 g/mol. The molecule has 0 heterocycles. The van der Waals surface area contributed by atoms with Crippen LogP contribution in [-0.2, 0) is 4.12 Å². The number of hydrogen-bond acceptors (Lipinski definition) is 3. The Kier molecular flexibility index (Phi) is 54.9. The molecule has 0 radical (unpaired) electrons. The van der Waals surface area contributed by atoms with E-state index in [2.05, 4.69) is 27.3 Å². The van der Waals surface area contributed by atoms with Gasteiger partial charge in [-0.3, -0.25) is 0 Å². The van der Waals surface area contributed by atoms with Crippen molar-refractivity contribution >= 4 is 16.6 Å². The van der Waals surface area contributed by atoms with E-state index in [0.29, 0.717) is 0 Å². The average molecular weight is 964 g/mol. The second kappa shape index (κ2) is 54.6. The predicted molar refractivity (Wildman–Crippen MR) is 308 cm³/mol. The van der Waals surface area contributed by atoms with Crippen LogP contribution in [0, 0.1) is 0 Å². The van der Waals surface area contributed by atoms with Crippen LogP contribution in [0.1, 0.15) is 342 Å². The summed E-state index contributed by atoms with van der Waals surface area (Å²) < 4.78 is 7.97. The van der Waals surface area contributed by atoms with E-state index >= 15 is 0 Å². The van der Waals surface area contributed by atoms with Crippen molar-refractivity contribution in [3.63, 3.8) is 0 Å². The maximum atomic E-state index is 7.97. The largest absolute Gasteiger partial charge is 0.455 e. The van der Waals surface area contributed by atoms with Gasteiger partial charge in [-0.1, -0.05) is 329 Å². The summed E-state index contributed by atoms with van der Waals surface area (Å²) in [5.41, 5.74) is 12.6. The van der Waals surface area contributed by atoms with Crippen molar-refractivity contribution in [3.8, 4) is 0 Å². The minimum atomic E-state index is -1.89. The molecule has 0 aliphatic carbocycles. The second-order valence-electron chi connectivity index (χ2n) is 22.7. The molecule has 0 aromatic carbocycles. The van der Waals surface area contributed by atoms with E-state index in [0.717, 1.165) is 19.5 Å².